The number of hydrogen-bond donors (Lipinski definition) is 1. The van der Waals surface area contributed by atoms with E-state index in [4.69, 9.17) is 14.0 Å². The van der Waals surface area contributed by atoms with E-state index in [1.165, 1.54) is 6.92 Å². The van der Waals surface area contributed by atoms with Crippen molar-refractivity contribution in [3.8, 4) is 0 Å². The predicted molar refractivity (Wildman–Crippen MR) is 80.5 cm³/mol. The highest BCUT2D eigenvalue weighted by Crippen LogP contribution is 2.42. The fourth-order valence-electron chi connectivity index (χ4n) is 3.38. The lowest BCUT2D eigenvalue weighted by atomic mass is 9.83. The van der Waals surface area contributed by atoms with Crippen LogP contribution in [-0.2, 0) is 19.7 Å². The fourth-order valence-corrected chi connectivity index (χ4v) is 3.38. The molecule has 3 rings (SSSR count). The van der Waals surface area contributed by atoms with Crippen LogP contribution in [0.4, 0.5) is 5.88 Å². The minimum Gasteiger partial charge on any atom is -0.353 e. The lowest BCUT2D eigenvalue weighted by Crippen LogP contribution is -2.33. The number of aromatic nitrogens is 1. The molecule has 2 heterocycles. The van der Waals surface area contributed by atoms with Crippen LogP contribution in [0.15, 0.2) is 10.6 Å². The molecule has 1 aliphatic heterocycles. The number of anilines is 1. The highest BCUT2D eigenvalue weighted by molar-refractivity contribution is 5.87. The highest BCUT2D eigenvalue weighted by atomic mass is 16.7. The molecule has 1 unspecified atom stereocenters. The van der Waals surface area contributed by atoms with Crippen molar-refractivity contribution < 1.29 is 18.8 Å². The Kier molecular flexibility index (Phi) is 4.78. The maximum atomic E-state index is 11.1. The molecular formula is C16H24N2O4. The third-order valence-corrected chi connectivity index (χ3v) is 4.60. The van der Waals surface area contributed by atoms with Gasteiger partial charge >= 0.3 is 0 Å². The summed E-state index contributed by atoms with van der Waals surface area (Å²) < 4.78 is 16.9. The van der Waals surface area contributed by atoms with Crippen LogP contribution in [0.3, 0.4) is 0 Å². The van der Waals surface area contributed by atoms with Gasteiger partial charge < -0.3 is 14.0 Å². The number of hydrogen-bond acceptors (Lipinski definition) is 5. The normalized spacial score (nSPS) is 24.3. The Morgan fingerprint density at radius 2 is 2.23 bits per heavy atom. The lowest BCUT2D eigenvalue weighted by molar-refractivity contribution is -0.172. The fraction of sp³-hybridized carbons (Fsp3) is 0.750. The summed E-state index contributed by atoms with van der Waals surface area (Å²) in [5.74, 6) is 0.248. The van der Waals surface area contributed by atoms with Gasteiger partial charge in [-0.05, 0) is 32.1 Å². The van der Waals surface area contributed by atoms with E-state index in [-0.39, 0.29) is 17.6 Å². The second-order valence-corrected chi connectivity index (χ2v) is 6.35. The van der Waals surface area contributed by atoms with E-state index in [1.54, 1.807) is 0 Å². The molecule has 1 N–H and O–H groups in total. The molecule has 2 aliphatic rings. The van der Waals surface area contributed by atoms with E-state index in [0.29, 0.717) is 12.5 Å². The van der Waals surface area contributed by atoms with E-state index in [1.807, 2.05) is 6.07 Å². The molecule has 6 heteroatoms. The Balaban J connectivity index is 1.67. The Hall–Kier alpha value is -1.40. The number of carbonyl (C=O) groups excluding carboxylic acids is 1. The smallest absolute Gasteiger partial charge is 0.231 e. The first kappa shape index (κ1) is 15.5. The minimum absolute atomic E-state index is 0.0899. The molecule has 22 heavy (non-hydrogen) atoms. The van der Waals surface area contributed by atoms with Gasteiger partial charge in [0.1, 0.15) is 0 Å². The molecule has 1 aromatic rings. The van der Waals surface area contributed by atoms with Gasteiger partial charge in [0.25, 0.3) is 0 Å². The van der Waals surface area contributed by atoms with Crippen molar-refractivity contribution in [1.29, 1.82) is 0 Å². The molecule has 0 spiro atoms. The van der Waals surface area contributed by atoms with Gasteiger partial charge in [0.15, 0.2) is 6.29 Å². The van der Waals surface area contributed by atoms with Gasteiger partial charge in [-0.1, -0.05) is 18.0 Å². The molecule has 1 aromatic heterocycles. The van der Waals surface area contributed by atoms with E-state index >= 15 is 0 Å². The zero-order valence-corrected chi connectivity index (χ0v) is 13.1. The number of nitrogens with zero attached hydrogens (tertiary/aromatic N) is 1. The molecule has 0 radical (unpaired) electrons. The SMILES string of the molecule is CC(=O)Nc1cc(C2(COC3CCCCO3)CCCC2)no1. The molecule has 6 nitrogen and oxygen atoms in total. The van der Waals surface area contributed by atoms with Gasteiger partial charge in [-0.25, -0.2) is 0 Å². The van der Waals surface area contributed by atoms with Gasteiger partial charge in [0.2, 0.25) is 11.8 Å². The van der Waals surface area contributed by atoms with Crippen LogP contribution in [0.5, 0.6) is 0 Å². The van der Waals surface area contributed by atoms with Crippen molar-refractivity contribution in [2.45, 2.75) is 63.6 Å². The minimum atomic E-state index is -0.157. The number of rotatable bonds is 5. The van der Waals surface area contributed by atoms with Crippen molar-refractivity contribution in [1.82, 2.24) is 5.16 Å². The first-order valence-corrected chi connectivity index (χ1v) is 8.16. The summed E-state index contributed by atoms with van der Waals surface area (Å²) in [6.45, 7) is 2.84. The average molecular weight is 308 g/mol. The zero-order valence-electron chi connectivity index (χ0n) is 13.1. The lowest BCUT2D eigenvalue weighted by Gasteiger charge is -2.30. The Morgan fingerprint density at radius 1 is 1.41 bits per heavy atom. The monoisotopic (exact) mass is 308 g/mol. The molecule has 1 atom stereocenters. The number of carbonyl (C=O) groups is 1. The Labute approximate surface area is 130 Å². The summed E-state index contributed by atoms with van der Waals surface area (Å²) >= 11 is 0. The quantitative estimate of drug-likeness (QED) is 0.905. The molecule has 0 bridgehead atoms. The summed E-state index contributed by atoms with van der Waals surface area (Å²) in [6.07, 6.45) is 7.55. The van der Waals surface area contributed by atoms with Crippen LogP contribution in [0.1, 0.15) is 57.6 Å². The van der Waals surface area contributed by atoms with Crippen molar-refractivity contribution in [3.05, 3.63) is 11.8 Å². The summed E-state index contributed by atoms with van der Waals surface area (Å²) in [4.78, 5) is 11.1. The molecule has 0 aromatic carbocycles. The van der Waals surface area contributed by atoms with Gasteiger partial charge in [-0.3, -0.25) is 10.1 Å². The highest BCUT2D eigenvalue weighted by Gasteiger charge is 2.39. The standard InChI is InChI=1S/C16H24N2O4/c1-12(19)17-14-10-13(18-22-14)16(7-3-4-8-16)11-21-15-6-2-5-9-20-15/h10,15H,2-9,11H2,1H3,(H,17,19). The summed E-state index contributed by atoms with van der Waals surface area (Å²) in [5, 5.41) is 6.81. The summed E-state index contributed by atoms with van der Waals surface area (Å²) in [7, 11) is 0. The Morgan fingerprint density at radius 3 is 2.91 bits per heavy atom. The first-order chi connectivity index (χ1) is 10.7. The van der Waals surface area contributed by atoms with Crippen molar-refractivity contribution in [3.63, 3.8) is 0 Å². The number of nitrogens with one attached hydrogen (secondary N) is 1. The van der Waals surface area contributed by atoms with Crippen LogP contribution >= 0.6 is 0 Å². The van der Waals surface area contributed by atoms with Crippen LogP contribution in [0.25, 0.3) is 0 Å². The van der Waals surface area contributed by atoms with Crippen LogP contribution in [0, 0.1) is 0 Å². The van der Waals surface area contributed by atoms with E-state index < -0.39 is 0 Å². The van der Waals surface area contributed by atoms with Crippen LogP contribution < -0.4 is 5.32 Å². The third-order valence-electron chi connectivity index (χ3n) is 4.60. The maximum absolute atomic E-state index is 11.1. The third kappa shape index (κ3) is 3.50. The molecule has 1 amide bonds. The van der Waals surface area contributed by atoms with Gasteiger partial charge in [-0.15, -0.1) is 0 Å². The zero-order chi connectivity index (χ0) is 15.4. The first-order valence-electron chi connectivity index (χ1n) is 8.16. The molecule has 1 aliphatic carbocycles. The van der Waals surface area contributed by atoms with Crippen LogP contribution in [0.2, 0.25) is 0 Å². The largest absolute Gasteiger partial charge is 0.353 e. The van der Waals surface area contributed by atoms with Gasteiger partial charge in [0.05, 0.1) is 12.3 Å². The molecule has 122 valence electrons. The second-order valence-electron chi connectivity index (χ2n) is 6.35. The molecular weight excluding hydrogens is 284 g/mol. The van der Waals surface area contributed by atoms with Crippen molar-refractivity contribution >= 4 is 11.8 Å². The van der Waals surface area contributed by atoms with Crippen LogP contribution in [-0.4, -0.2) is 30.6 Å². The maximum Gasteiger partial charge on any atom is 0.231 e. The van der Waals surface area contributed by atoms with Crippen molar-refractivity contribution in [2.75, 3.05) is 18.5 Å². The van der Waals surface area contributed by atoms with Gasteiger partial charge in [0, 0.05) is 25.0 Å². The van der Waals surface area contributed by atoms with E-state index in [2.05, 4.69) is 10.5 Å². The molecule has 1 saturated heterocycles. The topological polar surface area (TPSA) is 73.6 Å². The average Bonchev–Trinajstić information content (AvgIpc) is 3.16. The van der Waals surface area contributed by atoms with Gasteiger partial charge in [-0.2, -0.15) is 0 Å². The van der Waals surface area contributed by atoms with E-state index in [9.17, 15) is 4.79 Å². The summed E-state index contributed by atoms with van der Waals surface area (Å²) in [6, 6.07) is 1.83. The van der Waals surface area contributed by atoms with E-state index in [0.717, 1.165) is 57.2 Å². The molecule has 1 saturated carbocycles. The Bertz CT molecular complexity index is 502. The number of ether oxygens (including phenoxy) is 2. The van der Waals surface area contributed by atoms with Crippen molar-refractivity contribution in [2.24, 2.45) is 0 Å². The summed E-state index contributed by atoms with van der Waals surface area (Å²) in [5.41, 5.74) is 0.769. The molecule has 2 fully saturated rings. The second kappa shape index (κ2) is 6.79. The number of amides is 1. The predicted octanol–water partition coefficient (Wildman–Crippen LogP) is 2.99.